The van der Waals surface area contributed by atoms with E-state index in [1.807, 2.05) is 24.3 Å². The second-order valence-electron chi connectivity index (χ2n) is 4.19. The van der Waals surface area contributed by atoms with Gasteiger partial charge < -0.3 is 14.8 Å². The van der Waals surface area contributed by atoms with Crippen LogP contribution in [-0.2, 0) is 4.79 Å². The molecule has 1 amide bonds. The van der Waals surface area contributed by atoms with Crippen molar-refractivity contribution in [3.63, 3.8) is 0 Å². The van der Waals surface area contributed by atoms with E-state index in [0.717, 1.165) is 11.5 Å². The van der Waals surface area contributed by atoms with E-state index in [-0.39, 0.29) is 11.7 Å². The summed E-state index contributed by atoms with van der Waals surface area (Å²) in [5, 5.41) is 3.37. The number of rotatable bonds is 8. The molecule has 0 aliphatic heterocycles. The van der Waals surface area contributed by atoms with E-state index < -0.39 is 0 Å². The van der Waals surface area contributed by atoms with E-state index in [1.165, 1.54) is 11.8 Å². The fraction of sp³-hybridized carbons (Fsp3) is 0.267. The molecule has 0 atom stereocenters. The van der Waals surface area contributed by atoms with Gasteiger partial charge in [0.25, 0.3) is 0 Å². The first-order chi connectivity index (χ1) is 10.8. The van der Waals surface area contributed by atoms with Gasteiger partial charge in [-0.25, -0.2) is 9.97 Å². The van der Waals surface area contributed by atoms with Crippen LogP contribution in [0.2, 0.25) is 0 Å². The molecule has 2 rings (SSSR count). The average molecular weight is 319 g/mol. The van der Waals surface area contributed by atoms with Crippen molar-refractivity contribution in [3.05, 3.63) is 42.7 Å². The van der Waals surface area contributed by atoms with Crippen LogP contribution in [0.15, 0.2) is 47.9 Å². The van der Waals surface area contributed by atoms with Crippen molar-refractivity contribution in [1.82, 2.24) is 15.3 Å². The summed E-state index contributed by atoms with van der Waals surface area (Å²) in [6.07, 6.45) is 3.30. The first kappa shape index (κ1) is 16.1. The Bertz CT molecular complexity index is 578. The molecule has 0 spiro atoms. The maximum atomic E-state index is 11.7. The third-order valence-corrected chi connectivity index (χ3v) is 3.50. The third kappa shape index (κ3) is 5.61. The van der Waals surface area contributed by atoms with E-state index in [2.05, 4.69) is 15.3 Å². The highest BCUT2D eigenvalue weighted by Crippen LogP contribution is 2.16. The van der Waals surface area contributed by atoms with Crippen molar-refractivity contribution in [3.8, 4) is 11.5 Å². The standard InChI is InChI=1S/C15H17N3O3S/c1-20-12-3-5-13(6-4-12)21-10-9-16-14(19)11-22-15-17-7-2-8-18-15/h2-8H,9-11H2,1H3,(H,16,19). The number of carbonyl (C=O) groups is 1. The molecule has 0 bridgehead atoms. The van der Waals surface area contributed by atoms with Crippen LogP contribution in [0.3, 0.4) is 0 Å². The lowest BCUT2D eigenvalue weighted by Crippen LogP contribution is -2.29. The van der Waals surface area contributed by atoms with Gasteiger partial charge in [0.1, 0.15) is 18.1 Å². The van der Waals surface area contributed by atoms with Gasteiger partial charge in [0.05, 0.1) is 19.4 Å². The average Bonchev–Trinajstić information content (AvgIpc) is 2.58. The predicted octanol–water partition coefficient (Wildman–Crippen LogP) is 1.77. The minimum Gasteiger partial charge on any atom is -0.497 e. The molecule has 0 saturated carbocycles. The van der Waals surface area contributed by atoms with Gasteiger partial charge in [0.2, 0.25) is 5.91 Å². The highest BCUT2D eigenvalue weighted by Gasteiger charge is 2.04. The molecule has 1 N–H and O–H groups in total. The number of hydrogen-bond acceptors (Lipinski definition) is 6. The van der Waals surface area contributed by atoms with E-state index in [9.17, 15) is 4.79 Å². The van der Waals surface area contributed by atoms with Crippen LogP contribution < -0.4 is 14.8 Å². The second kappa shape index (κ2) is 8.89. The summed E-state index contributed by atoms with van der Waals surface area (Å²) in [6, 6.07) is 9.03. The molecule has 116 valence electrons. The smallest absolute Gasteiger partial charge is 0.230 e. The van der Waals surface area contributed by atoms with Gasteiger partial charge in [-0.1, -0.05) is 11.8 Å². The lowest BCUT2D eigenvalue weighted by atomic mass is 10.3. The molecular formula is C15H17N3O3S. The lowest BCUT2D eigenvalue weighted by molar-refractivity contribution is -0.118. The number of nitrogens with zero attached hydrogens (tertiary/aromatic N) is 2. The van der Waals surface area contributed by atoms with Crippen molar-refractivity contribution in [1.29, 1.82) is 0 Å². The fourth-order valence-electron chi connectivity index (χ4n) is 1.57. The molecule has 0 fully saturated rings. The number of carbonyl (C=O) groups excluding carboxylic acids is 1. The molecule has 0 radical (unpaired) electrons. The number of hydrogen-bond donors (Lipinski definition) is 1. The Balaban J connectivity index is 1.60. The first-order valence-electron chi connectivity index (χ1n) is 6.71. The Hall–Kier alpha value is -2.28. The Morgan fingerprint density at radius 1 is 1.18 bits per heavy atom. The molecule has 0 unspecified atom stereocenters. The van der Waals surface area contributed by atoms with E-state index >= 15 is 0 Å². The highest BCUT2D eigenvalue weighted by molar-refractivity contribution is 7.99. The zero-order valence-corrected chi connectivity index (χ0v) is 13.0. The van der Waals surface area contributed by atoms with Crippen LogP contribution in [-0.4, -0.2) is 41.9 Å². The topological polar surface area (TPSA) is 73.3 Å². The number of methoxy groups -OCH3 is 1. The van der Waals surface area contributed by atoms with Gasteiger partial charge in [-0.05, 0) is 30.3 Å². The summed E-state index contributed by atoms with van der Waals surface area (Å²) in [5.41, 5.74) is 0. The molecule has 1 aromatic carbocycles. The number of thioether (sulfide) groups is 1. The van der Waals surface area contributed by atoms with Crippen LogP contribution in [0.4, 0.5) is 0 Å². The monoisotopic (exact) mass is 319 g/mol. The number of benzene rings is 1. The van der Waals surface area contributed by atoms with Crippen LogP contribution in [0.5, 0.6) is 11.5 Å². The Morgan fingerprint density at radius 3 is 2.55 bits per heavy atom. The van der Waals surface area contributed by atoms with Gasteiger partial charge in [0.15, 0.2) is 5.16 Å². The van der Waals surface area contributed by atoms with Crippen LogP contribution in [0, 0.1) is 0 Å². The molecule has 7 heteroatoms. The minimum atomic E-state index is -0.0733. The summed E-state index contributed by atoms with van der Waals surface area (Å²) in [6.45, 7) is 0.853. The molecular weight excluding hydrogens is 302 g/mol. The zero-order valence-electron chi connectivity index (χ0n) is 12.2. The number of nitrogens with one attached hydrogen (secondary N) is 1. The fourth-order valence-corrected chi connectivity index (χ4v) is 2.21. The van der Waals surface area contributed by atoms with E-state index in [1.54, 1.807) is 25.6 Å². The summed E-state index contributed by atoms with van der Waals surface area (Å²) < 4.78 is 10.6. The molecule has 6 nitrogen and oxygen atoms in total. The minimum absolute atomic E-state index is 0.0733. The quantitative estimate of drug-likeness (QED) is 0.454. The van der Waals surface area contributed by atoms with Crippen LogP contribution in [0.25, 0.3) is 0 Å². The second-order valence-corrected chi connectivity index (χ2v) is 5.14. The van der Waals surface area contributed by atoms with Gasteiger partial charge in [0, 0.05) is 12.4 Å². The number of aromatic nitrogens is 2. The molecule has 0 aliphatic carbocycles. The Morgan fingerprint density at radius 2 is 1.86 bits per heavy atom. The summed E-state index contributed by atoms with van der Waals surface area (Å²) in [7, 11) is 1.61. The SMILES string of the molecule is COc1ccc(OCCNC(=O)CSc2ncccn2)cc1. The van der Waals surface area contributed by atoms with Crippen LogP contribution in [0.1, 0.15) is 0 Å². The molecule has 2 aromatic rings. The van der Waals surface area contributed by atoms with E-state index in [4.69, 9.17) is 9.47 Å². The number of ether oxygens (including phenoxy) is 2. The number of amides is 1. The van der Waals surface area contributed by atoms with Crippen molar-refractivity contribution in [2.24, 2.45) is 0 Å². The van der Waals surface area contributed by atoms with Crippen molar-refractivity contribution < 1.29 is 14.3 Å². The largest absolute Gasteiger partial charge is 0.497 e. The molecule has 0 saturated heterocycles. The highest BCUT2D eigenvalue weighted by atomic mass is 32.2. The normalized spacial score (nSPS) is 10.0. The molecule has 1 heterocycles. The molecule has 0 aliphatic rings. The Kier molecular flexibility index (Phi) is 6.50. The van der Waals surface area contributed by atoms with Crippen molar-refractivity contribution >= 4 is 17.7 Å². The maximum absolute atomic E-state index is 11.7. The predicted molar refractivity (Wildman–Crippen MR) is 84.3 cm³/mol. The van der Waals surface area contributed by atoms with Crippen molar-refractivity contribution in [2.75, 3.05) is 26.0 Å². The first-order valence-corrected chi connectivity index (χ1v) is 7.70. The van der Waals surface area contributed by atoms with Gasteiger partial charge in [-0.3, -0.25) is 4.79 Å². The third-order valence-electron chi connectivity index (χ3n) is 2.63. The van der Waals surface area contributed by atoms with Gasteiger partial charge >= 0.3 is 0 Å². The summed E-state index contributed by atoms with van der Waals surface area (Å²) >= 11 is 1.30. The molecule has 1 aromatic heterocycles. The zero-order chi connectivity index (χ0) is 15.6. The van der Waals surface area contributed by atoms with E-state index in [0.29, 0.717) is 18.3 Å². The Labute approximate surface area is 133 Å². The van der Waals surface area contributed by atoms with Gasteiger partial charge in [-0.2, -0.15) is 0 Å². The van der Waals surface area contributed by atoms with Crippen LogP contribution >= 0.6 is 11.8 Å². The molecule has 22 heavy (non-hydrogen) atoms. The maximum Gasteiger partial charge on any atom is 0.230 e. The van der Waals surface area contributed by atoms with Gasteiger partial charge in [-0.15, -0.1) is 0 Å². The van der Waals surface area contributed by atoms with Crippen molar-refractivity contribution in [2.45, 2.75) is 5.16 Å². The lowest BCUT2D eigenvalue weighted by Gasteiger charge is -2.08. The summed E-state index contributed by atoms with van der Waals surface area (Å²) in [4.78, 5) is 19.7. The summed E-state index contributed by atoms with van der Waals surface area (Å²) in [5.74, 6) is 1.73.